The van der Waals surface area contributed by atoms with E-state index in [1.165, 1.54) is 11.3 Å². The Morgan fingerprint density at radius 2 is 2.04 bits per heavy atom. The van der Waals surface area contributed by atoms with E-state index in [0.717, 1.165) is 59.8 Å². The lowest BCUT2D eigenvalue weighted by molar-refractivity contribution is -0.121. The van der Waals surface area contributed by atoms with Crippen molar-refractivity contribution in [3.8, 4) is 10.8 Å². The minimum Gasteiger partial charge on any atom is -0.333 e. The molecule has 1 amide bonds. The standard InChI is InChI=1S/C19H19N3O2S2/c23-18(19(8-1-2-9-19)14-4-3-10-25-14)20-13-7-11-26-15(13)17-21-16(22-24-17)12-5-6-12/h3-4,7,10-12H,1-2,5-6,8-9H2,(H,20,23). The zero-order valence-corrected chi connectivity index (χ0v) is 15.9. The molecular weight excluding hydrogens is 366 g/mol. The Morgan fingerprint density at radius 1 is 1.19 bits per heavy atom. The molecule has 3 heterocycles. The lowest BCUT2D eigenvalue weighted by Gasteiger charge is -2.26. The van der Waals surface area contributed by atoms with Crippen molar-refractivity contribution in [1.82, 2.24) is 10.1 Å². The molecule has 0 unspecified atom stereocenters. The molecule has 0 saturated heterocycles. The Bertz CT molecular complexity index is 918. The number of anilines is 1. The van der Waals surface area contributed by atoms with Gasteiger partial charge in [0, 0.05) is 10.8 Å². The van der Waals surface area contributed by atoms with Gasteiger partial charge in [0.2, 0.25) is 5.91 Å². The minimum atomic E-state index is -0.401. The molecular formula is C19H19N3O2S2. The largest absolute Gasteiger partial charge is 0.333 e. The third kappa shape index (κ3) is 2.70. The summed E-state index contributed by atoms with van der Waals surface area (Å²) in [5.74, 6) is 1.83. The van der Waals surface area contributed by atoms with Crippen molar-refractivity contribution in [3.63, 3.8) is 0 Å². The van der Waals surface area contributed by atoms with Crippen LogP contribution in [0.2, 0.25) is 0 Å². The Kier molecular flexibility index (Phi) is 3.94. The molecule has 0 radical (unpaired) electrons. The van der Waals surface area contributed by atoms with Crippen molar-refractivity contribution in [3.05, 3.63) is 39.7 Å². The first-order valence-electron chi connectivity index (χ1n) is 9.03. The van der Waals surface area contributed by atoms with Crippen LogP contribution in [0.25, 0.3) is 10.8 Å². The molecule has 0 spiro atoms. The molecule has 2 aliphatic carbocycles. The van der Waals surface area contributed by atoms with Gasteiger partial charge in [-0.05, 0) is 48.6 Å². The molecule has 5 nitrogen and oxygen atoms in total. The van der Waals surface area contributed by atoms with Crippen molar-refractivity contribution in [2.24, 2.45) is 0 Å². The number of carbonyl (C=O) groups is 1. The summed E-state index contributed by atoms with van der Waals surface area (Å²) in [6.07, 6.45) is 6.27. The molecule has 26 heavy (non-hydrogen) atoms. The second-order valence-electron chi connectivity index (χ2n) is 7.12. The highest BCUT2D eigenvalue weighted by atomic mass is 32.1. The average Bonchev–Trinajstić information content (AvgIpc) is 3.18. The van der Waals surface area contributed by atoms with Crippen molar-refractivity contribution in [2.45, 2.75) is 49.9 Å². The summed E-state index contributed by atoms with van der Waals surface area (Å²) >= 11 is 3.20. The van der Waals surface area contributed by atoms with Crippen molar-refractivity contribution >= 4 is 34.3 Å². The highest BCUT2D eigenvalue weighted by molar-refractivity contribution is 7.14. The molecule has 0 aromatic carbocycles. The molecule has 1 N–H and O–H groups in total. The van der Waals surface area contributed by atoms with E-state index >= 15 is 0 Å². The fourth-order valence-electron chi connectivity index (χ4n) is 3.76. The molecule has 2 fully saturated rings. The molecule has 5 rings (SSSR count). The highest BCUT2D eigenvalue weighted by Gasteiger charge is 2.43. The van der Waals surface area contributed by atoms with Gasteiger partial charge in [-0.25, -0.2) is 0 Å². The predicted molar refractivity (Wildman–Crippen MR) is 103 cm³/mol. The number of nitrogens with one attached hydrogen (secondary N) is 1. The Balaban J connectivity index is 1.42. The fourth-order valence-corrected chi connectivity index (χ4v) is 5.52. The van der Waals surface area contributed by atoms with Crippen LogP contribution in [0, 0.1) is 0 Å². The van der Waals surface area contributed by atoms with Crippen LogP contribution in [0.5, 0.6) is 0 Å². The smallest absolute Gasteiger partial charge is 0.270 e. The van der Waals surface area contributed by atoms with E-state index in [-0.39, 0.29) is 5.91 Å². The van der Waals surface area contributed by atoms with Crippen LogP contribution < -0.4 is 5.32 Å². The van der Waals surface area contributed by atoms with Crippen LogP contribution in [0.15, 0.2) is 33.5 Å². The van der Waals surface area contributed by atoms with E-state index in [4.69, 9.17) is 4.52 Å². The number of hydrogen-bond acceptors (Lipinski definition) is 6. The van der Waals surface area contributed by atoms with Crippen molar-refractivity contribution < 1.29 is 9.32 Å². The average molecular weight is 386 g/mol. The molecule has 134 valence electrons. The normalized spacial score (nSPS) is 18.9. The molecule has 3 aromatic rings. The summed E-state index contributed by atoms with van der Waals surface area (Å²) in [6, 6.07) is 6.04. The zero-order valence-electron chi connectivity index (χ0n) is 14.2. The maximum absolute atomic E-state index is 13.3. The van der Waals surface area contributed by atoms with Gasteiger partial charge in [-0.3, -0.25) is 4.79 Å². The van der Waals surface area contributed by atoms with Gasteiger partial charge in [-0.2, -0.15) is 4.98 Å². The van der Waals surface area contributed by atoms with Gasteiger partial charge in [0.15, 0.2) is 5.82 Å². The van der Waals surface area contributed by atoms with Crippen molar-refractivity contribution in [2.75, 3.05) is 5.32 Å². The topological polar surface area (TPSA) is 68.0 Å². The number of hydrogen-bond donors (Lipinski definition) is 1. The summed E-state index contributed by atoms with van der Waals surface area (Å²) < 4.78 is 5.46. The second-order valence-corrected chi connectivity index (χ2v) is 8.98. The Hall–Kier alpha value is -1.99. The first-order chi connectivity index (χ1) is 12.8. The van der Waals surface area contributed by atoms with Crippen LogP contribution in [0.4, 0.5) is 5.69 Å². The lowest BCUT2D eigenvalue weighted by atomic mass is 9.83. The minimum absolute atomic E-state index is 0.0824. The van der Waals surface area contributed by atoms with E-state index in [1.807, 2.05) is 17.5 Å². The summed E-state index contributed by atoms with van der Waals surface area (Å²) in [7, 11) is 0. The van der Waals surface area contributed by atoms with Crippen LogP contribution in [-0.4, -0.2) is 16.0 Å². The number of amides is 1. The number of thiophene rings is 2. The maximum atomic E-state index is 13.3. The summed E-state index contributed by atoms with van der Waals surface area (Å²) in [5, 5.41) is 11.3. The fraction of sp³-hybridized carbons (Fsp3) is 0.421. The van der Waals surface area contributed by atoms with Gasteiger partial charge in [-0.15, -0.1) is 22.7 Å². The van der Waals surface area contributed by atoms with Gasteiger partial charge in [0.25, 0.3) is 5.89 Å². The van der Waals surface area contributed by atoms with Gasteiger partial charge >= 0.3 is 0 Å². The first kappa shape index (κ1) is 16.2. The SMILES string of the molecule is O=C(Nc1ccsc1-c1nc(C2CC2)no1)C1(c2cccs2)CCCC1. The monoisotopic (exact) mass is 385 g/mol. The number of carbonyl (C=O) groups excluding carboxylic acids is 1. The second kappa shape index (κ2) is 6.32. The summed E-state index contributed by atoms with van der Waals surface area (Å²) in [4.78, 5) is 19.8. The molecule has 7 heteroatoms. The Morgan fingerprint density at radius 3 is 2.77 bits per heavy atom. The van der Waals surface area contributed by atoms with Gasteiger partial charge < -0.3 is 9.84 Å². The predicted octanol–water partition coefficient (Wildman–Crippen LogP) is 5.19. The van der Waals surface area contributed by atoms with Crippen molar-refractivity contribution in [1.29, 1.82) is 0 Å². The van der Waals surface area contributed by atoms with Crippen LogP contribution in [0.1, 0.15) is 55.1 Å². The van der Waals surface area contributed by atoms with Crippen LogP contribution in [0.3, 0.4) is 0 Å². The number of nitrogens with zero attached hydrogens (tertiary/aromatic N) is 2. The third-order valence-corrected chi connectivity index (χ3v) is 7.35. The molecule has 0 bridgehead atoms. The number of aromatic nitrogens is 2. The summed E-state index contributed by atoms with van der Waals surface area (Å²) in [6.45, 7) is 0. The molecule has 2 saturated carbocycles. The first-order valence-corrected chi connectivity index (χ1v) is 10.8. The lowest BCUT2D eigenvalue weighted by Crippen LogP contribution is -2.37. The summed E-state index contributed by atoms with van der Waals surface area (Å²) in [5.41, 5.74) is 0.371. The maximum Gasteiger partial charge on any atom is 0.270 e. The number of rotatable bonds is 5. The van der Waals surface area contributed by atoms with Gasteiger partial charge in [-0.1, -0.05) is 24.1 Å². The van der Waals surface area contributed by atoms with Crippen LogP contribution >= 0.6 is 22.7 Å². The van der Waals surface area contributed by atoms with E-state index < -0.39 is 5.41 Å². The molecule has 3 aromatic heterocycles. The van der Waals surface area contributed by atoms with E-state index in [0.29, 0.717) is 11.8 Å². The van der Waals surface area contributed by atoms with Crippen LogP contribution in [-0.2, 0) is 10.2 Å². The van der Waals surface area contributed by atoms with Gasteiger partial charge in [0.05, 0.1) is 11.1 Å². The zero-order chi connectivity index (χ0) is 17.6. The quantitative estimate of drug-likeness (QED) is 0.656. The van der Waals surface area contributed by atoms with Gasteiger partial charge in [0.1, 0.15) is 4.88 Å². The van der Waals surface area contributed by atoms with E-state index in [2.05, 4.69) is 26.9 Å². The highest BCUT2D eigenvalue weighted by Crippen LogP contribution is 2.45. The van der Waals surface area contributed by atoms with E-state index in [1.54, 1.807) is 11.3 Å². The third-order valence-electron chi connectivity index (χ3n) is 5.38. The van der Waals surface area contributed by atoms with E-state index in [9.17, 15) is 4.79 Å². The molecule has 0 aliphatic heterocycles. The molecule has 2 aliphatic rings. The molecule has 0 atom stereocenters. The Labute approximate surface area is 159 Å².